The predicted molar refractivity (Wildman–Crippen MR) is 76.5 cm³/mol. The van der Waals surface area contributed by atoms with E-state index in [2.05, 4.69) is 10.4 Å². The molecule has 0 aliphatic heterocycles. The van der Waals surface area contributed by atoms with Crippen LogP contribution < -0.4 is 5.32 Å². The Balaban J connectivity index is 2.20. The molecule has 1 heterocycles. The minimum Gasteiger partial charge on any atom is -0.319 e. The van der Waals surface area contributed by atoms with Crippen LogP contribution in [0.15, 0.2) is 30.5 Å². The lowest BCUT2D eigenvalue weighted by Crippen LogP contribution is -2.12. The van der Waals surface area contributed by atoms with Gasteiger partial charge in [-0.05, 0) is 24.1 Å². The van der Waals surface area contributed by atoms with Gasteiger partial charge in [0.2, 0.25) is 0 Å². The van der Waals surface area contributed by atoms with E-state index in [4.69, 9.17) is 11.6 Å². The van der Waals surface area contributed by atoms with Gasteiger partial charge in [-0.3, -0.25) is 9.48 Å². The first-order valence-corrected chi connectivity index (χ1v) is 6.66. The number of amides is 1. The van der Waals surface area contributed by atoms with Crippen LogP contribution in [0.2, 0.25) is 0 Å². The van der Waals surface area contributed by atoms with Gasteiger partial charge in [0.1, 0.15) is 0 Å². The SMILES string of the molecule is CCc1nn(C)cc1NC(=O)c1cccc(CCl)c1. The zero-order chi connectivity index (χ0) is 13.8. The molecule has 0 bridgehead atoms. The fourth-order valence-corrected chi connectivity index (χ4v) is 2.06. The van der Waals surface area contributed by atoms with Gasteiger partial charge in [-0.2, -0.15) is 5.10 Å². The third-order valence-corrected chi connectivity index (χ3v) is 3.14. The maximum absolute atomic E-state index is 12.2. The molecule has 100 valence electrons. The van der Waals surface area contributed by atoms with Gasteiger partial charge >= 0.3 is 0 Å². The molecule has 0 aliphatic rings. The number of anilines is 1. The second-order valence-electron chi connectivity index (χ2n) is 4.30. The summed E-state index contributed by atoms with van der Waals surface area (Å²) in [6, 6.07) is 7.29. The van der Waals surface area contributed by atoms with Crippen LogP contribution in [0, 0.1) is 0 Å². The fourth-order valence-electron chi connectivity index (χ4n) is 1.89. The van der Waals surface area contributed by atoms with Crippen LogP contribution in [0.25, 0.3) is 0 Å². The zero-order valence-corrected chi connectivity index (χ0v) is 11.7. The number of benzene rings is 1. The topological polar surface area (TPSA) is 46.9 Å². The fraction of sp³-hybridized carbons (Fsp3) is 0.286. The van der Waals surface area contributed by atoms with Crippen molar-refractivity contribution in [2.75, 3.05) is 5.32 Å². The second-order valence-corrected chi connectivity index (χ2v) is 4.57. The molecule has 0 atom stereocenters. The lowest BCUT2D eigenvalue weighted by molar-refractivity contribution is 0.102. The molecule has 0 unspecified atom stereocenters. The van der Waals surface area contributed by atoms with Crippen LogP contribution in [-0.4, -0.2) is 15.7 Å². The van der Waals surface area contributed by atoms with Crippen molar-refractivity contribution in [3.63, 3.8) is 0 Å². The Morgan fingerprint density at radius 1 is 1.47 bits per heavy atom. The number of halogens is 1. The Hall–Kier alpha value is -1.81. The number of alkyl halides is 1. The number of rotatable bonds is 4. The Morgan fingerprint density at radius 2 is 2.26 bits per heavy atom. The molecule has 4 nitrogen and oxygen atoms in total. The number of hydrogen-bond acceptors (Lipinski definition) is 2. The summed E-state index contributed by atoms with van der Waals surface area (Å²) < 4.78 is 1.70. The van der Waals surface area contributed by atoms with Gasteiger partial charge in [-0.15, -0.1) is 11.6 Å². The van der Waals surface area contributed by atoms with Crippen molar-refractivity contribution < 1.29 is 4.79 Å². The minimum atomic E-state index is -0.144. The van der Waals surface area contributed by atoms with Gasteiger partial charge in [0.05, 0.1) is 11.4 Å². The van der Waals surface area contributed by atoms with Gasteiger partial charge < -0.3 is 5.32 Å². The van der Waals surface area contributed by atoms with Gasteiger partial charge in [-0.1, -0.05) is 19.1 Å². The van der Waals surface area contributed by atoms with E-state index in [-0.39, 0.29) is 5.91 Å². The van der Waals surface area contributed by atoms with E-state index >= 15 is 0 Å². The summed E-state index contributed by atoms with van der Waals surface area (Å²) >= 11 is 5.77. The van der Waals surface area contributed by atoms with Crippen molar-refractivity contribution in [1.29, 1.82) is 0 Å². The van der Waals surface area contributed by atoms with Crippen LogP contribution in [0.5, 0.6) is 0 Å². The summed E-state index contributed by atoms with van der Waals surface area (Å²) in [5.74, 6) is 0.253. The van der Waals surface area contributed by atoms with E-state index in [9.17, 15) is 4.79 Å². The van der Waals surface area contributed by atoms with Crippen LogP contribution in [0.1, 0.15) is 28.5 Å². The predicted octanol–water partition coefficient (Wildman–Crippen LogP) is 2.97. The number of aryl methyl sites for hydroxylation is 2. The lowest BCUT2D eigenvalue weighted by Gasteiger charge is -2.05. The molecule has 0 saturated carbocycles. The minimum absolute atomic E-state index is 0.144. The van der Waals surface area contributed by atoms with Crippen molar-refractivity contribution in [3.05, 3.63) is 47.3 Å². The Labute approximate surface area is 117 Å². The third-order valence-electron chi connectivity index (χ3n) is 2.83. The van der Waals surface area contributed by atoms with Crippen molar-refractivity contribution in [2.45, 2.75) is 19.2 Å². The average Bonchev–Trinajstić information content (AvgIpc) is 2.78. The Kier molecular flexibility index (Phi) is 4.22. The standard InChI is InChI=1S/C14H16ClN3O/c1-3-12-13(9-18(2)17-12)16-14(19)11-6-4-5-10(7-11)8-15/h4-7,9H,3,8H2,1-2H3,(H,16,19). The third kappa shape index (κ3) is 3.15. The summed E-state index contributed by atoms with van der Waals surface area (Å²) in [5, 5.41) is 7.17. The second kappa shape index (κ2) is 5.89. The molecule has 0 aliphatic carbocycles. The highest BCUT2D eigenvalue weighted by molar-refractivity contribution is 6.17. The number of carbonyl (C=O) groups excluding carboxylic acids is 1. The molecule has 5 heteroatoms. The first-order valence-electron chi connectivity index (χ1n) is 6.12. The van der Waals surface area contributed by atoms with Crippen LogP contribution in [0.4, 0.5) is 5.69 Å². The summed E-state index contributed by atoms with van der Waals surface area (Å²) in [4.78, 5) is 12.2. The molecule has 19 heavy (non-hydrogen) atoms. The van der Waals surface area contributed by atoms with Crippen LogP contribution in [0.3, 0.4) is 0 Å². The van der Waals surface area contributed by atoms with E-state index in [0.717, 1.165) is 23.4 Å². The molecule has 1 aromatic carbocycles. The highest BCUT2D eigenvalue weighted by Gasteiger charge is 2.11. The number of nitrogens with zero attached hydrogens (tertiary/aromatic N) is 2. The zero-order valence-electron chi connectivity index (χ0n) is 11.0. The van der Waals surface area contributed by atoms with Gasteiger partial charge in [0, 0.05) is 24.7 Å². The highest BCUT2D eigenvalue weighted by Crippen LogP contribution is 2.16. The van der Waals surface area contributed by atoms with Crippen molar-refractivity contribution in [3.8, 4) is 0 Å². The molecule has 1 N–H and O–H groups in total. The normalized spacial score (nSPS) is 10.5. The monoisotopic (exact) mass is 277 g/mol. The number of carbonyl (C=O) groups is 1. The molecule has 0 radical (unpaired) electrons. The molecular weight excluding hydrogens is 262 g/mol. The molecule has 2 aromatic rings. The summed E-state index contributed by atoms with van der Waals surface area (Å²) in [6.45, 7) is 2.01. The van der Waals surface area contributed by atoms with Gasteiger partial charge in [-0.25, -0.2) is 0 Å². The van der Waals surface area contributed by atoms with Gasteiger partial charge in [0.15, 0.2) is 0 Å². The summed E-state index contributed by atoms with van der Waals surface area (Å²) in [7, 11) is 1.84. The maximum atomic E-state index is 12.2. The smallest absolute Gasteiger partial charge is 0.255 e. The average molecular weight is 278 g/mol. The number of aromatic nitrogens is 2. The van der Waals surface area contributed by atoms with Crippen LogP contribution >= 0.6 is 11.6 Å². The molecule has 1 aromatic heterocycles. The van der Waals surface area contributed by atoms with Crippen molar-refractivity contribution in [1.82, 2.24) is 9.78 Å². The molecule has 0 saturated heterocycles. The molecule has 0 spiro atoms. The summed E-state index contributed by atoms with van der Waals surface area (Å²) in [5.41, 5.74) is 3.16. The van der Waals surface area contributed by atoms with E-state index in [1.165, 1.54) is 0 Å². The van der Waals surface area contributed by atoms with Crippen LogP contribution in [-0.2, 0) is 19.3 Å². The number of nitrogens with one attached hydrogen (secondary N) is 1. The van der Waals surface area contributed by atoms with E-state index in [1.54, 1.807) is 16.8 Å². The van der Waals surface area contributed by atoms with E-state index < -0.39 is 0 Å². The maximum Gasteiger partial charge on any atom is 0.255 e. The lowest BCUT2D eigenvalue weighted by atomic mass is 10.1. The molecule has 1 amide bonds. The largest absolute Gasteiger partial charge is 0.319 e. The van der Waals surface area contributed by atoms with E-state index in [0.29, 0.717) is 11.4 Å². The summed E-state index contributed by atoms with van der Waals surface area (Å²) in [6.07, 6.45) is 2.58. The molecule has 0 fully saturated rings. The first kappa shape index (κ1) is 13.6. The van der Waals surface area contributed by atoms with Gasteiger partial charge in [0.25, 0.3) is 5.91 Å². The highest BCUT2D eigenvalue weighted by atomic mass is 35.5. The van der Waals surface area contributed by atoms with Crippen molar-refractivity contribution in [2.24, 2.45) is 7.05 Å². The first-order chi connectivity index (χ1) is 9.13. The molecule has 2 rings (SSSR count). The van der Waals surface area contributed by atoms with E-state index in [1.807, 2.05) is 32.3 Å². The number of hydrogen-bond donors (Lipinski definition) is 1. The molecular formula is C14H16ClN3O. The van der Waals surface area contributed by atoms with Crippen molar-refractivity contribution >= 4 is 23.2 Å². The Morgan fingerprint density at radius 3 is 2.95 bits per heavy atom. The Bertz CT molecular complexity index is 592. The quantitative estimate of drug-likeness (QED) is 0.874.